The maximum absolute atomic E-state index is 13.7. The molecule has 1 aromatic heterocycles. The Labute approximate surface area is 203 Å². The van der Waals surface area contributed by atoms with E-state index in [0.717, 1.165) is 25.3 Å². The van der Waals surface area contributed by atoms with E-state index in [0.29, 0.717) is 54.4 Å². The van der Waals surface area contributed by atoms with Crippen LogP contribution in [-0.2, 0) is 11.8 Å². The van der Waals surface area contributed by atoms with Crippen molar-refractivity contribution < 1.29 is 32.2 Å². The zero-order chi connectivity index (χ0) is 25.0. The molecule has 0 unspecified atom stereocenters. The van der Waals surface area contributed by atoms with Gasteiger partial charge in [0.1, 0.15) is 11.5 Å². The maximum atomic E-state index is 13.7. The van der Waals surface area contributed by atoms with E-state index in [-0.39, 0.29) is 16.8 Å². The van der Waals surface area contributed by atoms with Gasteiger partial charge in [0, 0.05) is 35.1 Å². The highest BCUT2D eigenvalue weighted by molar-refractivity contribution is 6.30. The monoisotopic (exact) mass is 504 g/mol. The van der Waals surface area contributed by atoms with E-state index in [1.165, 1.54) is 6.07 Å². The minimum atomic E-state index is -4.63. The zero-order valence-electron chi connectivity index (χ0n) is 18.5. The van der Waals surface area contributed by atoms with Crippen LogP contribution in [0.5, 0.6) is 11.5 Å². The molecule has 0 bridgehead atoms. The molecule has 2 aromatic carbocycles. The molecule has 2 aliphatic heterocycles. The average Bonchev–Trinajstić information content (AvgIpc) is 3.24. The number of aromatic nitrogens is 1. The number of nitrogens with one attached hydrogen (secondary N) is 1. The molecule has 1 spiro atoms. The number of aldehydes is 1. The number of carbonyl (C=O) groups is 2. The molecule has 1 N–H and O–H groups in total. The molecule has 0 radical (unpaired) electrons. The van der Waals surface area contributed by atoms with E-state index >= 15 is 0 Å². The topological polar surface area (TPSA) is 69.6 Å². The first-order chi connectivity index (χ1) is 16.7. The highest BCUT2D eigenvalue weighted by Crippen LogP contribution is 2.48. The van der Waals surface area contributed by atoms with Crippen LogP contribution in [0, 0.1) is 0 Å². The molecule has 6 nitrogen and oxygen atoms in total. The lowest BCUT2D eigenvalue weighted by Gasteiger charge is -2.43. The summed E-state index contributed by atoms with van der Waals surface area (Å²) >= 11 is 6.20. The van der Waals surface area contributed by atoms with E-state index in [1.54, 1.807) is 22.8 Å². The van der Waals surface area contributed by atoms with Gasteiger partial charge in [0.2, 0.25) is 0 Å². The molecular weight excluding hydrogens is 485 g/mol. The fourth-order valence-electron chi connectivity index (χ4n) is 4.90. The van der Waals surface area contributed by atoms with Gasteiger partial charge in [-0.3, -0.25) is 9.59 Å². The van der Waals surface area contributed by atoms with Gasteiger partial charge in [-0.2, -0.15) is 13.2 Å². The predicted molar refractivity (Wildman–Crippen MR) is 122 cm³/mol. The Kier molecular flexibility index (Phi) is 5.64. The number of fused-ring (bicyclic) bond motifs is 4. The summed E-state index contributed by atoms with van der Waals surface area (Å²) in [5, 5.41) is 3.73. The highest BCUT2D eigenvalue weighted by Gasteiger charge is 2.46. The molecule has 0 atom stereocenters. The van der Waals surface area contributed by atoms with Crippen LogP contribution < -0.4 is 14.8 Å². The Hall–Kier alpha value is -3.30. The summed E-state index contributed by atoms with van der Waals surface area (Å²) in [6.45, 7) is 1.22. The van der Waals surface area contributed by atoms with Crippen LogP contribution in [0.15, 0.2) is 42.5 Å². The van der Waals surface area contributed by atoms with E-state index in [9.17, 15) is 22.8 Å². The number of hydrogen-bond acceptors (Lipinski definition) is 5. The van der Waals surface area contributed by atoms with Crippen LogP contribution in [0.2, 0.25) is 5.02 Å². The van der Waals surface area contributed by atoms with Crippen molar-refractivity contribution >= 4 is 23.7 Å². The second kappa shape index (κ2) is 8.42. The molecule has 1 fully saturated rings. The maximum Gasteiger partial charge on any atom is 0.419 e. The minimum Gasteiger partial charge on any atom is -0.496 e. The summed E-state index contributed by atoms with van der Waals surface area (Å²) in [6.07, 6.45) is -2.97. The molecule has 3 aromatic rings. The number of carbonyl (C=O) groups excluding carboxylic acids is 2. The van der Waals surface area contributed by atoms with E-state index in [4.69, 9.17) is 21.1 Å². The molecule has 0 saturated carbocycles. The third-order valence-corrected chi connectivity index (χ3v) is 6.71. The van der Waals surface area contributed by atoms with Gasteiger partial charge in [-0.05, 0) is 43.4 Å². The number of halogens is 4. The Morgan fingerprint density at radius 1 is 1.17 bits per heavy atom. The molecular formula is C25H20ClF3N2O4. The van der Waals surface area contributed by atoms with Gasteiger partial charge in [0.25, 0.3) is 0 Å². The minimum absolute atomic E-state index is 0.00619. The highest BCUT2D eigenvalue weighted by atomic mass is 35.5. The van der Waals surface area contributed by atoms with Gasteiger partial charge in [-0.25, -0.2) is 0 Å². The Morgan fingerprint density at radius 3 is 2.57 bits per heavy atom. The standard InChI is InChI=1S/C25H20ClF3N2O4/c1-34-20-10-14(2-4-18(20)25(27,28)29)22(33)17-12-16(13-32)31-19-5-3-15(26)11-21(19)35-24(23(17)31)6-8-30-9-7-24/h2-5,10-13,30H,6-9H2,1H3. The number of piperidine rings is 1. The predicted octanol–water partition coefficient (Wildman–Crippen LogP) is 5.17. The molecule has 10 heteroatoms. The Bertz CT molecular complexity index is 1340. The molecule has 1 saturated heterocycles. The SMILES string of the molecule is COc1cc(C(=O)c2cc(C=O)n3c2C2(CCNCC2)Oc2cc(Cl)ccc2-3)ccc1C(F)(F)F. The fraction of sp³-hybridized carbons (Fsp3) is 0.280. The largest absolute Gasteiger partial charge is 0.496 e. The van der Waals surface area contributed by atoms with Crippen molar-refractivity contribution in [2.24, 2.45) is 0 Å². The van der Waals surface area contributed by atoms with Crippen molar-refractivity contribution in [2.75, 3.05) is 20.2 Å². The summed E-state index contributed by atoms with van der Waals surface area (Å²) in [7, 11) is 1.11. The second-order valence-electron chi connectivity index (χ2n) is 8.49. The Balaban J connectivity index is 1.72. The number of nitrogens with zero attached hydrogens (tertiary/aromatic N) is 1. The van der Waals surface area contributed by atoms with Crippen molar-refractivity contribution in [1.82, 2.24) is 9.88 Å². The molecule has 3 heterocycles. The third kappa shape index (κ3) is 3.79. The fourth-order valence-corrected chi connectivity index (χ4v) is 5.07. The second-order valence-corrected chi connectivity index (χ2v) is 8.92. The van der Waals surface area contributed by atoms with Crippen LogP contribution in [0.4, 0.5) is 13.2 Å². The molecule has 5 rings (SSSR count). The summed E-state index contributed by atoms with van der Waals surface area (Å²) < 4.78 is 53.1. The van der Waals surface area contributed by atoms with Crippen molar-refractivity contribution in [3.05, 3.63) is 75.6 Å². The van der Waals surface area contributed by atoms with Crippen molar-refractivity contribution in [1.29, 1.82) is 0 Å². The normalized spacial score (nSPS) is 16.3. The van der Waals surface area contributed by atoms with Gasteiger partial charge in [0.05, 0.1) is 29.7 Å². The van der Waals surface area contributed by atoms with Crippen LogP contribution in [0.3, 0.4) is 0 Å². The first kappa shape index (κ1) is 23.4. The number of methoxy groups -OCH3 is 1. The first-order valence-electron chi connectivity index (χ1n) is 10.9. The first-order valence-corrected chi connectivity index (χ1v) is 11.3. The number of alkyl halides is 3. The van der Waals surface area contributed by atoms with Crippen LogP contribution in [-0.4, -0.2) is 36.8 Å². The van der Waals surface area contributed by atoms with E-state index in [2.05, 4.69) is 5.32 Å². The molecule has 2 aliphatic rings. The smallest absolute Gasteiger partial charge is 0.419 e. The summed E-state index contributed by atoms with van der Waals surface area (Å²) in [4.78, 5) is 25.8. The lowest BCUT2D eigenvalue weighted by atomic mass is 9.83. The van der Waals surface area contributed by atoms with E-state index in [1.807, 2.05) is 0 Å². The number of ketones is 1. The summed E-state index contributed by atoms with van der Waals surface area (Å²) in [6, 6.07) is 9.50. The van der Waals surface area contributed by atoms with Crippen molar-refractivity contribution in [3.8, 4) is 17.2 Å². The van der Waals surface area contributed by atoms with Crippen molar-refractivity contribution in [3.63, 3.8) is 0 Å². The molecule has 0 amide bonds. The van der Waals surface area contributed by atoms with Crippen LogP contribution in [0.25, 0.3) is 5.69 Å². The lowest BCUT2D eigenvalue weighted by molar-refractivity contribution is -0.138. The number of ether oxygens (including phenoxy) is 2. The van der Waals surface area contributed by atoms with Crippen LogP contribution in [0.1, 0.15) is 50.5 Å². The van der Waals surface area contributed by atoms with Gasteiger partial charge in [-0.1, -0.05) is 17.7 Å². The van der Waals surface area contributed by atoms with Gasteiger partial charge >= 0.3 is 6.18 Å². The zero-order valence-corrected chi connectivity index (χ0v) is 19.3. The number of rotatable bonds is 4. The number of hydrogen-bond donors (Lipinski definition) is 1. The Morgan fingerprint density at radius 2 is 1.91 bits per heavy atom. The van der Waals surface area contributed by atoms with Gasteiger partial charge in [-0.15, -0.1) is 0 Å². The van der Waals surface area contributed by atoms with Crippen molar-refractivity contribution in [2.45, 2.75) is 24.6 Å². The van der Waals surface area contributed by atoms with E-state index < -0.39 is 28.9 Å². The van der Waals surface area contributed by atoms with Crippen LogP contribution >= 0.6 is 11.6 Å². The molecule has 0 aliphatic carbocycles. The third-order valence-electron chi connectivity index (χ3n) is 6.47. The summed E-state index contributed by atoms with van der Waals surface area (Å²) in [5.41, 5.74) is -0.423. The van der Waals surface area contributed by atoms with Gasteiger partial charge < -0.3 is 19.4 Å². The lowest BCUT2D eigenvalue weighted by Crippen LogP contribution is -2.47. The summed E-state index contributed by atoms with van der Waals surface area (Å²) in [5.74, 6) is -0.506. The average molecular weight is 505 g/mol. The molecule has 35 heavy (non-hydrogen) atoms. The molecule has 182 valence electrons. The quantitative estimate of drug-likeness (QED) is 0.392. The van der Waals surface area contributed by atoms with Gasteiger partial charge in [0.15, 0.2) is 17.7 Å². The number of benzene rings is 2.